The molecule has 2 atom stereocenters. The second-order valence-electron chi connectivity index (χ2n) is 10.5. The topological polar surface area (TPSA) is 47.9 Å². The van der Waals surface area contributed by atoms with Crippen molar-refractivity contribution in [2.24, 2.45) is 0 Å². The minimum Gasteiger partial charge on any atom is -0.485 e. The molecule has 0 bridgehead atoms. The molecular weight excluding hydrogens is 508 g/mol. The Hall–Kier alpha value is -4.54. The zero-order valence-corrected chi connectivity index (χ0v) is 23.0. The maximum Gasteiger partial charge on any atom is 0.203 e. The quantitative estimate of drug-likeness (QED) is 0.197. The number of aliphatic hydroxyl groups excluding tert-OH is 1. The molecule has 0 radical (unpaired) electrons. The summed E-state index contributed by atoms with van der Waals surface area (Å²) in [7, 11) is 0. The molecule has 4 heteroatoms. The molecule has 41 heavy (non-hydrogen) atoms. The molecule has 206 valence electrons. The minimum absolute atomic E-state index is 0.0915. The fourth-order valence-corrected chi connectivity index (χ4v) is 5.40. The number of hydrogen-bond acceptors (Lipinski definition) is 4. The Labute approximate surface area is 241 Å². The van der Waals surface area contributed by atoms with E-state index in [4.69, 9.17) is 14.2 Å². The molecule has 1 aliphatic rings. The van der Waals surface area contributed by atoms with Crippen molar-refractivity contribution in [1.29, 1.82) is 0 Å². The highest BCUT2D eigenvalue weighted by Gasteiger charge is 2.30. The molecule has 0 heterocycles. The Morgan fingerprint density at radius 2 is 0.927 bits per heavy atom. The summed E-state index contributed by atoms with van der Waals surface area (Å²) in [6.07, 6.45) is 0.857. The van der Waals surface area contributed by atoms with Crippen molar-refractivity contribution < 1.29 is 19.3 Å². The summed E-state index contributed by atoms with van der Waals surface area (Å²) in [5.74, 6) is 1.69. The lowest BCUT2D eigenvalue weighted by Gasteiger charge is -2.31. The first-order chi connectivity index (χ1) is 20.2. The third kappa shape index (κ3) is 6.62. The van der Waals surface area contributed by atoms with Crippen molar-refractivity contribution in [1.82, 2.24) is 0 Å². The first-order valence-electron chi connectivity index (χ1n) is 14.2. The van der Waals surface area contributed by atoms with Gasteiger partial charge < -0.3 is 19.3 Å². The monoisotopic (exact) mass is 542 g/mol. The molecule has 0 amide bonds. The van der Waals surface area contributed by atoms with Crippen LogP contribution < -0.4 is 14.2 Å². The third-order valence-corrected chi connectivity index (χ3v) is 7.62. The standard InChI is InChI=1S/C37H34O4/c38-34-21-31-19-11-10-18-30(31)20-33(34)32-22-35(39-24-27-12-4-1-5-13-27)37(41-26-29-16-8-3-9-17-29)36(23-32)40-25-28-14-6-2-7-15-28/h1-19,22-23,33-34,38H,20-21,24-26H2/t33-,34+/m0/s1. The molecular formula is C37H34O4. The Morgan fingerprint density at radius 1 is 0.512 bits per heavy atom. The van der Waals surface area contributed by atoms with Crippen molar-refractivity contribution in [3.63, 3.8) is 0 Å². The number of fused-ring (bicyclic) bond motifs is 1. The lowest BCUT2D eigenvalue weighted by atomic mass is 9.78. The van der Waals surface area contributed by atoms with Gasteiger partial charge in [0.2, 0.25) is 5.75 Å². The smallest absolute Gasteiger partial charge is 0.203 e. The molecule has 0 saturated carbocycles. The van der Waals surface area contributed by atoms with Crippen LogP contribution in [-0.2, 0) is 32.7 Å². The van der Waals surface area contributed by atoms with E-state index in [1.165, 1.54) is 11.1 Å². The molecule has 0 spiro atoms. The van der Waals surface area contributed by atoms with Crippen molar-refractivity contribution in [3.8, 4) is 17.2 Å². The Kier molecular flexibility index (Phi) is 8.30. The number of benzene rings is 5. The first kappa shape index (κ1) is 26.7. The summed E-state index contributed by atoms with van der Waals surface area (Å²) < 4.78 is 19.4. The van der Waals surface area contributed by atoms with Crippen LogP contribution in [0.25, 0.3) is 0 Å². The average Bonchev–Trinajstić information content (AvgIpc) is 3.03. The van der Waals surface area contributed by atoms with Gasteiger partial charge in [-0.1, -0.05) is 115 Å². The molecule has 0 saturated heterocycles. The molecule has 1 aliphatic carbocycles. The van der Waals surface area contributed by atoms with E-state index < -0.39 is 6.10 Å². The number of rotatable bonds is 10. The van der Waals surface area contributed by atoms with E-state index in [9.17, 15) is 5.11 Å². The largest absolute Gasteiger partial charge is 0.485 e. The van der Waals surface area contributed by atoms with Crippen molar-refractivity contribution in [2.45, 2.75) is 44.7 Å². The summed E-state index contributed by atoms with van der Waals surface area (Å²) in [6, 6.07) is 42.7. The van der Waals surface area contributed by atoms with Gasteiger partial charge in [-0.3, -0.25) is 0 Å². The van der Waals surface area contributed by atoms with Crippen molar-refractivity contribution in [3.05, 3.63) is 161 Å². The molecule has 0 aliphatic heterocycles. The summed E-state index contributed by atoms with van der Waals surface area (Å²) >= 11 is 0. The summed E-state index contributed by atoms with van der Waals surface area (Å²) in [5, 5.41) is 11.3. The van der Waals surface area contributed by atoms with Crippen LogP contribution in [0.1, 0.15) is 39.3 Å². The van der Waals surface area contributed by atoms with Gasteiger partial charge in [-0.05, 0) is 58.4 Å². The van der Waals surface area contributed by atoms with Gasteiger partial charge in [0, 0.05) is 5.92 Å². The van der Waals surface area contributed by atoms with Gasteiger partial charge in [0.15, 0.2) is 11.5 Å². The first-order valence-corrected chi connectivity index (χ1v) is 14.2. The van der Waals surface area contributed by atoms with Crippen molar-refractivity contribution >= 4 is 0 Å². The highest BCUT2D eigenvalue weighted by atomic mass is 16.5. The number of ether oxygens (including phenoxy) is 3. The Morgan fingerprint density at radius 3 is 1.41 bits per heavy atom. The zero-order valence-electron chi connectivity index (χ0n) is 23.0. The van der Waals surface area contributed by atoms with Gasteiger partial charge >= 0.3 is 0 Å². The maximum absolute atomic E-state index is 11.3. The number of aliphatic hydroxyl groups is 1. The molecule has 5 aromatic carbocycles. The second-order valence-corrected chi connectivity index (χ2v) is 10.5. The van der Waals surface area contributed by atoms with E-state index in [0.717, 1.165) is 28.7 Å². The molecule has 5 aromatic rings. The fraction of sp³-hybridized carbons (Fsp3) is 0.189. The molecule has 1 N–H and O–H groups in total. The van der Waals surface area contributed by atoms with Gasteiger partial charge in [-0.2, -0.15) is 0 Å². The van der Waals surface area contributed by atoms with E-state index in [-0.39, 0.29) is 5.92 Å². The predicted octanol–water partition coefficient (Wildman–Crippen LogP) is 7.67. The normalized spacial score (nSPS) is 16.0. The van der Waals surface area contributed by atoms with E-state index in [1.54, 1.807) is 0 Å². The second kappa shape index (κ2) is 12.8. The van der Waals surface area contributed by atoms with E-state index >= 15 is 0 Å². The van der Waals surface area contributed by atoms with Gasteiger partial charge in [0.25, 0.3) is 0 Å². The van der Waals surface area contributed by atoms with Gasteiger partial charge in [-0.15, -0.1) is 0 Å². The molecule has 6 rings (SSSR count). The van der Waals surface area contributed by atoms with E-state index in [2.05, 4.69) is 18.2 Å². The van der Waals surface area contributed by atoms with Crippen LogP contribution in [0.5, 0.6) is 17.2 Å². The summed E-state index contributed by atoms with van der Waals surface area (Å²) in [6.45, 7) is 1.16. The predicted molar refractivity (Wildman–Crippen MR) is 161 cm³/mol. The SMILES string of the molecule is O[C@@H]1Cc2ccccc2C[C@H]1c1cc(OCc2ccccc2)c(OCc2ccccc2)c(OCc2ccccc2)c1. The third-order valence-electron chi connectivity index (χ3n) is 7.62. The van der Waals surface area contributed by atoms with Gasteiger partial charge in [0.05, 0.1) is 6.10 Å². The van der Waals surface area contributed by atoms with Gasteiger partial charge in [-0.25, -0.2) is 0 Å². The average molecular weight is 543 g/mol. The van der Waals surface area contributed by atoms with Crippen LogP contribution in [0.15, 0.2) is 127 Å². The van der Waals surface area contributed by atoms with Crippen LogP contribution in [0.4, 0.5) is 0 Å². The summed E-state index contributed by atoms with van der Waals surface area (Å²) in [5.41, 5.74) is 6.63. The Bertz CT molecular complexity index is 1490. The summed E-state index contributed by atoms with van der Waals surface area (Å²) in [4.78, 5) is 0. The van der Waals surface area contributed by atoms with E-state index in [0.29, 0.717) is 43.5 Å². The molecule has 4 nitrogen and oxygen atoms in total. The van der Waals surface area contributed by atoms with E-state index in [1.807, 2.05) is 109 Å². The Balaban J connectivity index is 1.38. The molecule has 0 aromatic heterocycles. The zero-order chi connectivity index (χ0) is 27.9. The van der Waals surface area contributed by atoms with Crippen LogP contribution in [-0.4, -0.2) is 11.2 Å². The van der Waals surface area contributed by atoms with Gasteiger partial charge in [0.1, 0.15) is 19.8 Å². The highest BCUT2D eigenvalue weighted by Crippen LogP contribution is 2.44. The van der Waals surface area contributed by atoms with Crippen LogP contribution >= 0.6 is 0 Å². The molecule has 0 unspecified atom stereocenters. The fourth-order valence-electron chi connectivity index (χ4n) is 5.40. The minimum atomic E-state index is -0.509. The lowest BCUT2D eigenvalue weighted by molar-refractivity contribution is 0.134. The van der Waals surface area contributed by atoms with Crippen LogP contribution in [0.3, 0.4) is 0 Å². The van der Waals surface area contributed by atoms with Crippen LogP contribution in [0.2, 0.25) is 0 Å². The molecule has 0 fully saturated rings. The highest BCUT2D eigenvalue weighted by molar-refractivity contribution is 5.55. The van der Waals surface area contributed by atoms with Crippen LogP contribution in [0, 0.1) is 0 Å². The van der Waals surface area contributed by atoms with Crippen molar-refractivity contribution in [2.75, 3.05) is 0 Å². The number of hydrogen-bond donors (Lipinski definition) is 1. The lowest BCUT2D eigenvalue weighted by Crippen LogP contribution is -2.28. The maximum atomic E-state index is 11.3.